The quantitative estimate of drug-likeness (QED) is 0.846. The summed E-state index contributed by atoms with van der Waals surface area (Å²) in [6.07, 6.45) is 0. The molecule has 0 amide bonds. The summed E-state index contributed by atoms with van der Waals surface area (Å²) in [5.41, 5.74) is 6.24. The summed E-state index contributed by atoms with van der Waals surface area (Å²) < 4.78 is 19.0. The van der Waals surface area contributed by atoms with Crippen LogP contribution in [0.1, 0.15) is 0 Å². The van der Waals surface area contributed by atoms with Gasteiger partial charge in [-0.25, -0.2) is 4.39 Å². The molecule has 0 unspecified atom stereocenters. The van der Waals surface area contributed by atoms with Crippen LogP contribution in [0.15, 0.2) is 46.9 Å². The maximum Gasteiger partial charge on any atom is 0.141 e. The first-order valence-electron chi connectivity index (χ1n) is 4.63. The summed E-state index contributed by atoms with van der Waals surface area (Å²) in [7, 11) is 0. The number of hydrogen-bond donors (Lipinski definition) is 1. The summed E-state index contributed by atoms with van der Waals surface area (Å²) in [4.78, 5) is 0. The van der Waals surface area contributed by atoms with Crippen molar-refractivity contribution >= 4 is 21.6 Å². The van der Waals surface area contributed by atoms with Gasteiger partial charge in [-0.1, -0.05) is 6.07 Å². The van der Waals surface area contributed by atoms with Gasteiger partial charge in [0.2, 0.25) is 0 Å². The average molecular weight is 282 g/mol. The van der Waals surface area contributed by atoms with Crippen LogP contribution in [0.4, 0.5) is 10.1 Å². The highest BCUT2D eigenvalue weighted by Gasteiger charge is 2.04. The van der Waals surface area contributed by atoms with Crippen molar-refractivity contribution in [1.82, 2.24) is 0 Å². The fourth-order valence-electron chi connectivity index (χ4n) is 1.26. The molecule has 2 rings (SSSR count). The standard InChI is InChI=1S/C12H9BrFNO/c13-11-6-8(14)4-5-12(11)16-10-3-1-2-9(15)7-10/h1-7H,15H2. The molecule has 0 aliphatic carbocycles. The Hall–Kier alpha value is -1.55. The van der Waals surface area contributed by atoms with Crippen LogP contribution in [0, 0.1) is 5.82 Å². The summed E-state index contributed by atoms with van der Waals surface area (Å²) >= 11 is 3.23. The molecule has 0 spiro atoms. The smallest absolute Gasteiger partial charge is 0.141 e. The highest BCUT2D eigenvalue weighted by molar-refractivity contribution is 9.10. The third kappa shape index (κ3) is 2.52. The van der Waals surface area contributed by atoms with Gasteiger partial charge in [-0.05, 0) is 46.3 Å². The number of ether oxygens (including phenoxy) is 1. The van der Waals surface area contributed by atoms with Crippen LogP contribution in [-0.4, -0.2) is 0 Å². The Balaban J connectivity index is 2.27. The van der Waals surface area contributed by atoms with Crippen LogP contribution in [0.2, 0.25) is 0 Å². The van der Waals surface area contributed by atoms with Crippen molar-refractivity contribution in [2.24, 2.45) is 0 Å². The average Bonchev–Trinajstić information content (AvgIpc) is 2.22. The Morgan fingerprint density at radius 1 is 1.12 bits per heavy atom. The van der Waals surface area contributed by atoms with E-state index in [0.29, 0.717) is 21.7 Å². The lowest BCUT2D eigenvalue weighted by Crippen LogP contribution is -1.88. The van der Waals surface area contributed by atoms with E-state index in [0.717, 1.165) is 0 Å². The Labute approximate surface area is 101 Å². The van der Waals surface area contributed by atoms with E-state index in [1.165, 1.54) is 12.1 Å². The van der Waals surface area contributed by atoms with Crippen molar-refractivity contribution in [3.8, 4) is 11.5 Å². The number of nitrogen functional groups attached to an aromatic ring is 1. The molecule has 2 aromatic carbocycles. The molecule has 0 atom stereocenters. The lowest BCUT2D eigenvalue weighted by atomic mass is 10.3. The van der Waals surface area contributed by atoms with Crippen LogP contribution in [0.5, 0.6) is 11.5 Å². The number of nitrogens with two attached hydrogens (primary N) is 1. The third-order valence-corrected chi connectivity index (χ3v) is 2.60. The highest BCUT2D eigenvalue weighted by atomic mass is 79.9. The van der Waals surface area contributed by atoms with Gasteiger partial charge in [0.05, 0.1) is 4.47 Å². The first-order valence-corrected chi connectivity index (χ1v) is 5.43. The molecule has 0 saturated carbocycles. The zero-order valence-corrected chi connectivity index (χ0v) is 9.87. The monoisotopic (exact) mass is 281 g/mol. The number of halogens is 2. The number of rotatable bonds is 2. The van der Waals surface area contributed by atoms with E-state index in [1.807, 2.05) is 0 Å². The molecule has 2 N–H and O–H groups in total. The molecule has 2 aromatic rings. The fraction of sp³-hybridized carbons (Fsp3) is 0. The van der Waals surface area contributed by atoms with Crippen molar-refractivity contribution in [2.75, 3.05) is 5.73 Å². The molecule has 2 nitrogen and oxygen atoms in total. The second-order valence-corrected chi connectivity index (χ2v) is 4.10. The van der Waals surface area contributed by atoms with Crippen molar-refractivity contribution in [3.63, 3.8) is 0 Å². The minimum atomic E-state index is -0.313. The molecule has 0 fully saturated rings. The molecule has 0 heterocycles. The topological polar surface area (TPSA) is 35.2 Å². The molecule has 82 valence electrons. The summed E-state index contributed by atoms with van der Waals surface area (Å²) in [5.74, 6) is 0.853. The SMILES string of the molecule is Nc1cccc(Oc2ccc(F)cc2Br)c1. The summed E-state index contributed by atoms with van der Waals surface area (Å²) in [5, 5.41) is 0. The largest absolute Gasteiger partial charge is 0.456 e. The van der Waals surface area contributed by atoms with Gasteiger partial charge in [0, 0.05) is 11.8 Å². The van der Waals surface area contributed by atoms with E-state index in [2.05, 4.69) is 15.9 Å². The number of anilines is 1. The minimum absolute atomic E-state index is 0.313. The van der Waals surface area contributed by atoms with Crippen molar-refractivity contribution < 1.29 is 9.13 Å². The van der Waals surface area contributed by atoms with E-state index in [1.54, 1.807) is 30.3 Å². The summed E-state index contributed by atoms with van der Waals surface area (Å²) in [6.45, 7) is 0. The second-order valence-electron chi connectivity index (χ2n) is 3.25. The lowest BCUT2D eigenvalue weighted by molar-refractivity contribution is 0.477. The normalized spacial score (nSPS) is 10.1. The zero-order valence-electron chi connectivity index (χ0n) is 8.28. The van der Waals surface area contributed by atoms with Crippen molar-refractivity contribution in [3.05, 3.63) is 52.8 Å². The maximum atomic E-state index is 12.8. The van der Waals surface area contributed by atoms with Crippen LogP contribution in [-0.2, 0) is 0 Å². The highest BCUT2D eigenvalue weighted by Crippen LogP contribution is 2.30. The second kappa shape index (κ2) is 4.53. The minimum Gasteiger partial charge on any atom is -0.456 e. The Morgan fingerprint density at radius 2 is 1.94 bits per heavy atom. The first kappa shape index (κ1) is 11.0. The predicted octanol–water partition coefficient (Wildman–Crippen LogP) is 3.96. The van der Waals surface area contributed by atoms with E-state index < -0.39 is 0 Å². The van der Waals surface area contributed by atoms with Crippen LogP contribution < -0.4 is 10.5 Å². The Bertz CT molecular complexity index is 516. The van der Waals surface area contributed by atoms with Crippen molar-refractivity contribution in [2.45, 2.75) is 0 Å². The van der Waals surface area contributed by atoms with E-state index >= 15 is 0 Å². The third-order valence-electron chi connectivity index (χ3n) is 1.98. The summed E-state index contributed by atoms with van der Waals surface area (Å²) in [6, 6.07) is 11.3. The Morgan fingerprint density at radius 3 is 2.62 bits per heavy atom. The molecule has 0 saturated heterocycles. The molecule has 16 heavy (non-hydrogen) atoms. The van der Waals surface area contributed by atoms with Gasteiger partial charge in [0.25, 0.3) is 0 Å². The molecule has 0 aliphatic rings. The van der Waals surface area contributed by atoms with Gasteiger partial charge >= 0.3 is 0 Å². The maximum absolute atomic E-state index is 12.8. The molecule has 4 heteroatoms. The Kier molecular flexibility index (Phi) is 3.10. The lowest BCUT2D eigenvalue weighted by Gasteiger charge is -2.07. The van der Waals surface area contributed by atoms with E-state index in [-0.39, 0.29) is 5.82 Å². The fourth-order valence-corrected chi connectivity index (χ4v) is 1.69. The van der Waals surface area contributed by atoms with Gasteiger partial charge in [-0.15, -0.1) is 0 Å². The van der Waals surface area contributed by atoms with Gasteiger partial charge in [-0.2, -0.15) is 0 Å². The number of benzene rings is 2. The van der Waals surface area contributed by atoms with Gasteiger partial charge in [0.1, 0.15) is 17.3 Å². The molecular weight excluding hydrogens is 273 g/mol. The molecule has 0 radical (unpaired) electrons. The van der Waals surface area contributed by atoms with E-state index in [9.17, 15) is 4.39 Å². The van der Waals surface area contributed by atoms with Crippen molar-refractivity contribution in [1.29, 1.82) is 0 Å². The molecule has 0 bridgehead atoms. The molecule has 0 aliphatic heterocycles. The van der Waals surface area contributed by atoms with E-state index in [4.69, 9.17) is 10.5 Å². The van der Waals surface area contributed by atoms with Crippen LogP contribution >= 0.6 is 15.9 Å². The molecule has 0 aromatic heterocycles. The number of hydrogen-bond acceptors (Lipinski definition) is 2. The van der Waals surface area contributed by atoms with Crippen LogP contribution in [0.25, 0.3) is 0 Å². The zero-order chi connectivity index (χ0) is 11.5. The van der Waals surface area contributed by atoms with Crippen LogP contribution in [0.3, 0.4) is 0 Å². The van der Waals surface area contributed by atoms with Gasteiger partial charge < -0.3 is 10.5 Å². The van der Waals surface area contributed by atoms with Gasteiger partial charge in [-0.3, -0.25) is 0 Å². The predicted molar refractivity (Wildman–Crippen MR) is 65.0 cm³/mol. The first-order chi connectivity index (χ1) is 7.65. The molecular formula is C12H9BrFNO. The van der Waals surface area contributed by atoms with Gasteiger partial charge in [0.15, 0.2) is 0 Å².